The number of nitrogens with zero attached hydrogens (tertiary/aromatic N) is 1. The molecule has 0 radical (unpaired) electrons. The molecule has 29 heavy (non-hydrogen) atoms. The summed E-state index contributed by atoms with van der Waals surface area (Å²) in [5.74, 6) is 6.29. The van der Waals surface area contributed by atoms with Gasteiger partial charge in [-0.15, -0.1) is 0 Å². The maximum absolute atomic E-state index is 6.52. The van der Waals surface area contributed by atoms with E-state index in [2.05, 4.69) is 43.9 Å². The number of nitrogens with two attached hydrogens (primary N) is 2. The van der Waals surface area contributed by atoms with Crippen molar-refractivity contribution in [3.63, 3.8) is 0 Å². The predicted molar refractivity (Wildman–Crippen MR) is 123 cm³/mol. The Morgan fingerprint density at radius 1 is 0.931 bits per heavy atom. The van der Waals surface area contributed by atoms with Crippen LogP contribution < -0.4 is 11.6 Å². The highest BCUT2D eigenvalue weighted by Crippen LogP contribution is 2.11. The fraction of sp³-hybridized carbons (Fsp3) is 0.478. The first-order valence-corrected chi connectivity index (χ1v) is 14.1. The summed E-state index contributed by atoms with van der Waals surface area (Å²) in [6.07, 6.45) is 0.523. The standard InChI is InChI=1S/C23H37N3O2Si/c1-29(2,3)15-14-27-19-28-23(22(24)16-20-10-6-4-7-11-20)18-26(25)17-21-12-8-5-9-13-21/h4-13,22-23H,14-19,24-25H2,1-3H3/t22-,23-/m1/s1. The Bertz CT molecular complexity index is 680. The van der Waals surface area contributed by atoms with Gasteiger partial charge in [-0.3, -0.25) is 5.84 Å². The Hall–Kier alpha value is -1.54. The second-order valence-corrected chi connectivity index (χ2v) is 14.4. The molecule has 0 aliphatic carbocycles. The van der Waals surface area contributed by atoms with Gasteiger partial charge in [0, 0.05) is 33.8 Å². The molecule has 6 heteroatoms. The van der Waals surface area contributed by atoms with Crippen LogP contribution in [0.3, 0.4) is 0 Å². The van der Waals surface area contributed by atoms with Crippen molar-refractivity contribution in [1.29, 1.82) is 0 Å². The van der Waals surface area contributed by atoms with Crippen molar-refractivity contribution in [2.45, 2.75) is 50.8 Å². The molecular weight excluding hydrogens is 378 g/mol. The highest BCUT2D eigenvalue weighted by atomic mass is 28.3. The Kier molecular flexibility index (Phi) is 10.0. The lowest BCUT2D eigenvalue weighted by molar-refractivity contribution is -0.101. The summed E-state index contributed by atoms with van der Waals surface area (Å²) in [5, 5.41) is 1.77. The lowest BCUT2D eigenvalue weighted by atomic mass is 10.0. The SMILES string of the molecule is C[Si](C)(C)CCOCO[C@H](CN(N)Cc1ccccc1)[C@H](N)Cc1ccccc1. The number of hydrogen-bond donors (Lipinski definition) is 2. The highest BCUT2D eigenvalue weighted by molar-refractivity contribution is 6.76. The monoisotopic (exact) mass is 415 g/mol. The van der Waals surface area contributed by atoms with Crippen LogP contribution in [0, 0.1) is 0 Å². The zero-order valence-corrected chi connectivity index (χ0v) is 19.1. The second kappa shape index (κ2) is 12.2. The minimum Gasteiger partial charge on any atom is -0.356 e. The maximum atomic E-state index is 6.52. The van der Waals surface area contributed by atoms with E-state index in [0.717, 1.165) is 24.6 Å². The van der Waals surface area contributed by atoms with E-state index < -0.39 is 8.07 Å². The number of hydrogen-bond acceptors (Lipinski definition) is 5. The molecule has 2 atom stereocenters. The Morgan fingerprint density at radius 3 is 2.10 bits per heavy atom. The molecule has 5 nitrogen and oxygen atoms in total. The third kappa shape index (κ3) is 10.2. The van der Waals surface area contributed by atoms with Gasteiger partial charge in [0.15, 0.2) is 0 Å². The molecule has 0 aromatic heterocycles. The highest BCUT2D eigenvalue weighted by Gasteiger charge is 2.22. The summed E-state index contributed by atoms with van der Waals surface area (Å²) < 4.78 is 11.8. The third-order valence-electron chi connectivity index (χ3n) is 4.80. The van der Waals surface area contributed by atoms with Gasteiger partial charge < -0.3 is 15.2 Å². The van der Waals surface area contributed by atoms with Gasteiger partial charge in [0.25, 0.3) is 0 Å². The van der Waals surface area contributed by atoms with Gasteiger partial charge in [-0.1, -0.05) is 80.3 Å². The van der Waals surface area contributed by atoms with Crippen LogP contribution in [0.2, 0.25) is 25.7 Å². The molecule has 0 saturated carbocycles. The molecule has 4 N–H and O–H groups in total. The third-order valence-corrected chi connectivity index (χ3v) is 6.50. The summed E-state index contributed by atoms with van der Waals surface area (Å²) in [4.78, 5) is 0. The minimum absolute atomic E-state index is 0.167. The Labute approximate surface area is 177 Å². The average molecular weight is 416 g/mol. The van der Waals surface area contributed by atoms with Crippen LogP contribution >= 0.6 is 0 Å². The van der Waals surface area contributed by atoms with Crippen LogP contribution in [0.4, 0.5) is 0 Å². The van der Waals surface area contributed by atoms with Crippen LogP contribution in [0.5, 0.6) is 0 Å². The number of ether oxygens (including phenoxy) is 2. The second-order valence-electron chi connectivity index (χ2n) is 8.81. The molecule has 0 fully saturated rings. The van der Waals surface area contributed by atoms with Gasteiger partial charge in [-0.2, -0.15) is 0 Å². The van der Waals surface area contributed by atoms with Crippen LogP contribution in [0.15, 0.2) is 60.7 Å². The first kappa shape index (κ1) is 23.7. The van der Waals surface area contributed by atoms with Crippen LogP contribution in [0.25, 0.3) is 0 Å². The molecule has 0 bridgehead atoms. The number of benzene rings is 2. The van der Waals surface area contributed by atoms with Crippen molar-refractivity contribution < 1.29 is 9.47 Å². The van der Waals surface area contributed by atoms with Gasteiger partial charge >= 0.3 is 0 Å². The predicted octanol–water partition coefficient (Wildman–Crippen LogP) is 3.63. The lowest BCUT2D eigenvalue weighted by Crippen LogP contribution is -2.48. The fourth-order valence-corrected chi connectivity index (χ4v) is 3.77. The van der Waals surface area contributed by atoms with Gasteiger partial charge in [-0.25, -0.2) is 5.01 Å². The molecule has 0 aliphatic rings. The molecule has 0 unspecified atom stereocenters. The maximum Gasteiger partial charge on any atom is 0.147 e. The summed E-state index contributed by atoms with van der Waals surface area (Å²) in [6.45, 7) is 9.18. The first-order valence-electron chi connectivity index (χ1n) is 10.4. The molecule has 160 valence electrons. The normalized spacial score (nSPS) is 14.1. The van der Waals surface area contributed by atoms with E-state index in [-0.39, 0.29) is 18.9 Å². The smallest absolute Gasteiger partial charge is 0.147 e. The fourth-order valence-electron chi connectivity index (χ4n) is 3.02. The number of hydrazine groups is 1. The molecule has 0 saturated heterocycles. The van der Waals surface area contributed by atoms with E-state index in [1.54, 1.807) is 5.01 Å². The van der Waals surface area contributed by atoms with Crippen molar-refractivity contribution >= 4 is 8.07 Å². The molecule has 2 aromatic carbocycles. The van der Waals surface area contributed by atoms with E-state index in [9.17, 15) is 0 Å². The van der Waals surface area contributed by atoms with E-state index in [4.69, 9.17) is 21.1 Å². The summed E-state index contributed by atoms with van der Waals surface area (Å²) in [6, 6.07) is 21.4. The molecule has 0 amide bonds. The molecule has 0 heterocycles. The van der Waals surface area contributed by atoms with Crippen LogP contribution in [0.1, 0.15) is 11.1 Å². The van der Waals surface area contributed by atoms with E-state index in [1.807, 2.05) is 36.4 Å². The van der Waals surface area contributed by atoms with E-state index in [1.165, 1.54) is 5.56 Å². The molecule has 2 aromatic rings. The Balaban J connectivity index is 1.90. The largest absolute Gasteiger partial charge is 0.356 e. The molecule has 2 rings (SSSR count). The lowest BCUT2D eigenvalue weighted by Gasteiger charge is -2.28. The van der Waals surface area contributed by atoms with Gasteiger partial charge in [0.1, 0.15) is 6.79 Å². The average Bonchev–Trinajstić information content (AvgIpc) is 2.67. The molecule has 0 aliphatic heterocycles. The van der Waals surface area contributed by atoms with Crippen LogP contribution in [-0.2, 0) is 22.4 Å². The van der Waals surface area contributed by atoms with Crippen LogP contribution in [-0.4, -0.2) is 45.2 Å². The van der Waals surface area contributed by atoms with Crippen molar-refractivity contribution in [3.8, 4) is 0 Å². The summed E-state index contributed by atoms with van der Waals surface area (Å²) >= 11 is 0. The summed E-state index contributed by atoms with van der Waals surface area (Å²) in [5.41, 5.74) is 8.88. The zero-order chi connectivity index (χ0) is 21.1. The number of rotatable bonds is 13. The van der Waals surface area contributed by atoms with Crippen molar-refractivity contribution in [1.82, 2.24) is 5.01 Å². The van der Waals surface area contributed by atoms with E-state index >= 15 is 0 Å². The van der Waals surface area contributed by atoms with Gasteiger partial charge in [0.05, 0.1) is 6.10 Å². The van der Waals surface area contributed by atoms with Crippen molar-refractivity contribution in [2.75, 3.05) is 19.9 Å². The molecular formula is C23H37N3O2Si. The van der Waals surface area contributed by atoms with Gasteiger partial charge in [-0.05, 0) is 23.6 Å². The van der Waals surface area contributed by atoms with Crippen molar-refractivity contribution in [3.05, 3.63) is 71.8 Å². The topological polar surface area (TPSA) is 73.7 Å². The van der Waals surface area contributed by atoms with Crippen molar-refractivity contribution in [2.24, 2.45) is 11.6 Å². The van der Waals surface area contributed by atoms with E-state index in [0.29, 0.717) is 13.1 Å². The zero-order valence-electron chi connectivity index (χ0n) is 18.1. The molecule has 0 spiro atoms. The Morgan fingerprint density at radius 2 is 1.52 bits per heavy atom. The quantitative estimate of drug-likeness (QED) is 0.172. The van der Waals surface area contributed by atoms with Gasteiger partial charge in [0.2, 0.25) is 0 Å². The minimum atomic E-state index is -1.11. The summed E-state index contributed by atoms with van der Waals surface area (Å²) in [7, 11) is -1.11. The first-order chi connectivity index (χ1) is 13.8.